The van der Waals surface area contributed by atoms with Crippen LogP contribution in [0.15, 0.2) is 28.3 Å². The summed E-state index contributed by atoms with van der Waals surface area (Å²) in [6.07, 6.45) is 0.608. The zero-order chi connectivity index (χ0) is 12.0. The quantitative estimate of drug-likeness (QED) is 0.183. The lowest BCUT2D eigenvalue weighted by molar-refractivity contribution is 0.296. The third-order valence-corrected chi connectivity index (χ3v) is 3.04. The number of aliphatic hydroxyl groups is 1. The van der Waals surface area contributed by atoms with Crippen LogP contribution in [0.5, 0.6) is 0 Å². The van der Waals surface area contributed by atoms with Crippen LogP contribution < -0.4 is 5.73 Å². The lowest BCUT2D eigenvalue weighted by atomic mass is 10.2. The topological polar surface area (TPSA) is 78.8 Å². The van der Waals surface area contributed by atoms with E-state index in [4.69, 9.17) is 16.0 Å². The molecule has 4 N–H and O–H groups in total. The van der Waals surface area contributed by atoms with Crippen molar-refractivity contribution in [3.63, 3.8) is 0 Å². The number of oxime groups is 1. The number of hydrogen-bond acceptors (Lipinski definition) is 4. The number of amidine groups is 1. The lowest BCUT2D eigenvalue weighted by Gasteiger charge is -2.08. The largest absolute Gasteiger partial charge is 0.409 e. The number of nitrogens with two attached hydrogens (primary N) is 1. The molecule has 0 amide bonds. The van der Waals surface area contributed by atoms with E-state index in [1.54, 1.807) is 12.1 Å². The molecule has 0 atom stereocenters. The minimum atomic E-state index is -0.524. The van der Waals surface area contributed by atoms with E-state index in [1.165, 1.54) is 17.8 Å². The minimum Gasteiger partial charge on any atom is -0.409 e. The highest BCUT2D eigenvalue weighted by atomic mass is 32.2. The number of benzene rings is 1. The summed E-state index contributed by atoms with van der Waals surface area (Å²) in [5, 5.41) is 20.0. The Morgan fingerprint density at radius 1 is 1.50 bits per heavy atom. The number of halogens is 1. The van der Waals surface area contributed by atoms with Crippen LogP contribution in [-0.2, 0) is 0 Å². The van der Waals surface area contributed by atoms with E-state index in [-0.39, 0.29) is 18.0 Å². The second-order valence-corrected chi connectivity index (χ2v) is 4.16. The summed E-state index contributed by atoms with van der Waals surface area (Å²) < 4.78 is 13.5. The van der Waals surface area contributed by atoms with E-state index in [0.717, 1.165) is 0 Å². The maximum absolute atomic E-state index is 13.5. The van der Waals surface area contributed by atoms with Crippen molar-refractivity contribution in [1.29, 1.82) is 0 Å². The van der Waals surface area contributed by atoms with Crippen molar-refractivity contribution >= 4 is 17.6 Å². The Morgan fingerprint density at radius 2 is 2.25 bits per heavy atom. The Labute approximate surface area is 97.0 Å². The summed E-state index contributed by atoms with van der Waals surface area (Å²) in [4.78, 5) is 0.601. The fraction of sp³-hybridized carbons (Fsp3) is 0.300. The van der Waals surface area contributed by atoms with E-state index in [9.17, 15) is 4.39 Å². The zero-order valence-electron chi connectivity index (χ0n) is 8.56. The molecule has 0 aromatic heterocycles. The molecule has 0 saturated heterocycles. The van der Waals surface area contributed by atoms with Gasteiger partial charge in [-0.15, -0.1) is 11.8 Å². The van der Waals surface area contributed by atoms with Gasteiger partial charge in [0, 0.05) is 17.3 Å². The number of aliphatic hydroxyl groups excluding tert-OH is 1. The number of hydrogen-bond donors (Lipinski definition) is 3. The van der Waals surface area contributed by atoms with Crippen LogP contribution in [0.25, 0.3) is 0 Å². The van der Waals surface area contributed by atoms with E-state index in [1.807, 2.05) is 0 Å². The summed E-state index contributed by atoms with van der Waals surface area (Å²) in [6, 6.07) is 4.51. The number of rotatable bonds is 5. The van der Waals surface area contributed by atoms with Crippen LogP contribution in [0.1, 0.15) is 12.0 Å². The fourth-order valence-corrected chi connectivity index (χ4v) is 2.18. The van der Waals surface area contributed by atoms with Crippen LogP contribution in [0.3, 0.4) is 0 Å². The van der Waals surface area contributed by atoms with Gasteiger partial charge >= 0.3 is 0 Å². The molecule has 6 heteroatoms. The Balaban J connectivity index is 2.94. The molecule has 0 fully saturated rings. The molecule has 0 spiro atoms. The van der Waals surface area contributed by atoms with E-state index < -0.39 is 5.82 Å². The molecule has 0 radical (unpaired) electrons. The summed E-state index contributed by atoms with van der Waals surface area (Å²) in [7, 11) is 0. The Hall–Kier alpha value is -1.27. The molecule has 0 aliphatic carbocycles. The first kappa shape index (κ1) is 12.8. The first-order valence-corrected chi connectivity index (χ1v) is 5.69. The SMILES string of the molecule is NC(=NO)c1c(F)cccc1SCCCO. The summed E-state index contributed by atoms with van der Waals surface area (Å²) in [5.41, 5.74) is 5.50. The van der Waals surface area contributed by atoms with Gasteiger partial charge in [-0.05, 0) is 18.6 Å². The Bertz CT molecular complexity index is 385. The van der Waals surface area contributed by atoms with Crippen LogP contribution in [0, 0.1) is 5.82 Å². The van der Waals surface area contributed by atoms with Crippen molar-refractivity contribution in [2.45, 2.75) is 11.3 Å². The minimum absolute atomic E-state index is 0.0845. The molecule has 1 rings (SSSR count). The smallest absolute Gasteiger partial charge is 0.174 e. The van der Waals surface area contributed by atoms with Crippen LogP contribution >= 0.6 is 11.8 Å². The molecule has 0 aliphatic heterocycles. The van der Waals surface area contributed by atoms with Crippen molar-refractivity contribution in [3.8, 4) is 0 Å². The van der Waals surface area contributed by atoms with Crippen LogP contribution in [0.2, 0.25) is 0 Å². The van der Waals surface area contributed by atoms with Crippen molar-refractivity contribution in [1.82, 2.24) is 0 Å². The highest BCUT2D eigenvalue weighted by Gasteiger charge is 2.12. The van der Waals surface area contributed by atoms with Gasteiger partial charge in [0.05, 0.1) is 5.56 Å². The average Bonchev–Trinajstić information content (AvgIpc) is 2.29. The predicted molar refractivity (Wildman–Crippen MR) is 61.3 cm³/mol. The molecule has 0 aliphatic rings. The molecule has 0 heterocycles. The van der Waals surface area contributed by atoms with Gasteiger partial charge in [0.15, 0.2) is 5.84 Å². The van der Waals surface area contributed by atoms with Gasteiger partial charge in [0.1, 0.15) is 5.82 Å². The second-order valence-electron chi connectivity index (χ2n) is 3.02. The number of thioether (sulfide) groups is 1. The average molecular weight is 244 g/mol. The van der Waals surface area contributed by atoms with Crippen molar-refractivity contribution in [3.05, 3.63) is 29.6 Å². The molecule has 4 nitrogen and oxygen atoms in total. The number of nitrogens with zero attached hydrogens (tertiary/aromatic N) is 1. The molecule has 88 valence electrons. The Kier molecular flexibility index (Phi) is 5.07. The highest BCUT2D eigenvalue weighted by molar-refractivity contribution is 7.99. The van der Waals surface area contributed by atoms with Gasteiger partial charge < -0.3 is 16.0 Å². The van der Waals surface area contributed by atoms with E-state index in [2.05, 4.69) is 5.16 Å². The third kappa shape index (κ3) is 3.11. The van der Waals surface area contributed by atoms with Gasteiger partial charge in [-0.3, -0.25) is 0 Å². The summed E-state index contributed by atoms with van der Waals surface area (Å²) >= 11 is 1.36. The molecule has 16 heavy (non-hydrogen) atoms. The Morgan fingerprint density at radius 3 is 2.88 bits per heavy atom. The monoisotopic (exact) mass is 244 g/mol. The predicted octanol–water partition coefficient (Wildman–Crippen LogP) is 1.39. The summed E-state index contributed by atoms with van der Waals surface area (Å²) in [5.74, 6) is -0.125. The van der Waals surface area contributed by atoms with Crippen LogP contribution in [-0.4, -0.2) is 28.5 Å². The van der Waals surface area contributed by atoms with Crippen molar-refractivity contribution in [2.75, 3.05) is 12.4 Å². The molecular weight excluding hydrogens is 231 g/mol. The zero-order valence-corrected chi connectivity index (χ0v) is 9.38. The normalized spacial score (nSPS) is 11.8. The highest BCUT2D eigenvalue weighted by Crippen LogP contribution is 2.25. The van der Waals surface area contributed by atoms with Gasteiger partial charge in [0.2, 0.25) is 0 Å². The fourth-order valence-electron chi connectivity index (χ4n) is 1.17. The lowest BCUT2D eigenvalue weighted by Crippen LogP contribution is -2.16. The molecular formula is C10H13FN2O2S. The maximum Gasteiger partial charge on any atom is 0.174 e. The molecule has 0 saturated carbocycles. The van der Waals surface area contributed by atoms with Crippen molar-refractivity contribution in [2.24, 2.45) is 10.9 Å². The first-order chi connectivity index (χ1) is 7.70. The first-order valence-electron chi connectivity index (χ1n) is 4.70. The summed E-state index contributed by atoms with van der Waals surface area (Å²) in [6.45, 7) is 0.0845. The molecule has 0 unspecified atom stereocenters. The molecule has 1 aromatic carbocycles. The van der Waals surface area contributed by atoms with Gasteiger partial charge in [-0.25, -0.2) is 4.39 Å². The standard InChI is InChI=1S/C10H13FN2O2S/c11-7-3-1-4-8(16-6-2-5-14)9(7)10(12)13-15/h1,3-4,14-15H,2,5-6H2,(H2,12,13). The third-order valence-electron chi connectivity index (χ3n) is 1.90. The van der Waals surface area contributed by atoms with Crippen LogP contribution in [0.4, 0.5) is 4.39 Å². The second kappa shape index (κ2) is 6.34. The molecule has 0 bridgehead atoms. The van der Waals surface area contributed by atoms with Gasteiger partial charge in [-0.2, -0.15) is 0 Å². The van der Waals surface area contributed by atoms with Crippen molar-refractivity contribution < 1.29 is 14.7 Å². The van der Waals surface area contributed by atoms with Gasteiger partial charge in [0.25, 0.3) is 0 Å². The maximum atomic E-state index is 13.5. The van der Waals surface area contributed by atoms with E-state index in [0.29, 0.717) is 17.1 Å². The molecule has 1 aromatic rings. The van der Waals surface area contributed by atoms with E-state index >= 15 is 0 Å². The van der Waals surface area contributed by atoms with Gasteiger partial charge in [-0.1, -0.05) is 11.2 Å².